The van der Waals surface area contributed by atoms with Crippen LogP contribution in [-0.2, 0) is 14.3 Å². The van der Waals surface area contributed by atoms with Crippen molar-refractivity contribution >= 4 is 11.7 Å². The number of aliphatic hydroxyl groups excluding tert-OH is 1. The third-order valence-corrected chi connectivity index (χ3v) is 4.38. The molecule has 1 N–H and O–H groups in total. The standard InChI is InChI=1S/C15H23NO4/c1-9-5-4-6-11(17)14(9)15(19)10(2)16-12(18)7-8-13(16)20-3/h10,13,15,19H,4-8H2,1-3H3/t10-,13+,15+/m1/s1. The first-order valence-corrected chi connectivity index (χ1v) is 7.22. The van der Waals surface area contributed by atoms with E-state index in [0.29, 0.717) is 24.8 Å². The van der Waals surface area contributed by atoms with Crippen LogP contribution < -0.4 is 0 Å². The predicted octanol–water partition coefficient (Wildman–Crippen LogP) is 1.40. The van der Waals surface area contributed by atoms with Crippen LogP contribution in [0.5, 0.6) is 0 Å². The average Bonchev–Trinajstić information content (AvgIpc) is 2.78. The van der Waals surface area contributed by atoms with Gasteiger partial charge in [-0.3, -0.25) is 9.59 Å². The minimum absolute atomic E-state index is 0.00807. The van der Waals surface area contributed by atoms with Crippen LogP contribution in [0, 0.1) is 0 Å². The summed E-state index contributed by atoms with van der Waals surface area (Å²) in [4.78, 5) is 25.6. The Morgan fingerprint density at radius 2 is 2.00 bits per heavy atom. The molecule has 1 aliphatic heterocycles. The molecule has 112 valence electrons. The lowest BCUT2D eigenvalue weighted by atomic mass is 9.86. The van der Waals surface area contributed by atoms with Crippen molar-refractivity contribution in [2.45, 2.75) is 64.3 Å². The quantitative estimate of drug-likeness (QED) is 0.846. The van der Waals surface area contributed by atoms with Crippen LogP contribution >= 0.6 is 0 Å². The van der Waals surface area contributed by atoms with Gasteiger partial charge in [-0.2, -0.15) is 0 Å². The van der Waals surface area contributed by atoms with Crippen LogP contribution in [0.2, 0.25) is 0 Å². The Kier molecular flexibility index (Phi) is 4.60. The fourth-order valence-corrected chi connectivity index (χ4v) is 3.23. The number of hydrogen-bond acceptors (Lipinski definition) is 4. The summed E-state index contributed by atoms with van der Waals surface area (Å²) >= 11 is 0. The minimum atomic E-state index is -0.928. The lowest BCUT2D eigenvalue weighted by Crippen LogP contribution is -2.49. The normalized spacial score (nSPS) is 27.2. The number of rotatable bonds is 4. The van der Waals surface area contributed by atoms with E-state index in [1.54, 1.807) is 18.9 Å². The Bertz CT molecular complexity index is 443. The van der Waals surface area contributed by atoms with E-state index in [-0.39, 0.29) is 17.9 Å². The number of allylic oxidation sites excluding steroid dienone is 1. The summed E-state index contributed by atoms with van der Waals surface area (Å²) in [5.41, 5.74) is 1.44. The molecular formula is C15H23NO4. The second-order valence-corrected chi connectivity index (χ2v) is 5.69. The smallest absolute Gasteiger partial charge is 0.225 e. The Hall–Kier alpha value is -1.20. The van der Waals surface area contributed by atoms with E-state index in [9.17, 15) is 14.7 Å². The molecule has 0 aromatic carbocycles. The second-order valence-electron chi connectivity index (χ2n) is 5.69. The Morgan fingerprint density at radius 1 is 1.30 bits per heavy atom. The number of hydrogen-bond donors (Lipinski definition) is 1. The zero-order valence-electron chi connectivity index (χ0n) is 12.4. The van der Waals surface area contributed by atoms with Gasteiger partial charge in [0, 0.05) is 31.9 Å². The molecule has 1 fully saturated rings. The van der Waals surface area contributed by atoms with E-state index in [2.05, 4.69) is 0 Å². The number of likely N-dealkylation sites (tertiary alicyclic amines) is 1. The van der Waals surface area contributed by atoms with E-state index in [4.69, 9.17) is 4.74 Å². The van der Waals surface area contributed by atoms with Gasteiger partial charge in [0.25, 0.3) is 0 Å². The van der Waals surface area contributed by atoms with Crippen molar-refractivity contribution in [3.63, 3.8) is 0 Å². The molecule has 1 saturated heterocycles. The summed E-state index contributed by atoms with van der Waals surface area (Å²) in [5.74, 6) is -0.0152. The highest BCUT2D eigenvalue weighted by atomic mass is 16.5. The third kappa shape index (κ3) is 2.65. The van der Waals surface area contributed by atoms with Gasteiger partial charge >= 0.3 is 0 Å². The fourth-order valence-electron chi connectivity index (χ4n) is 3.23. The predicted molar refractivity (Wildman–Crippen MR) is 73.9 cm³/mol. The van der Waals surface area contributed by atoms with E-state index in [1.807, 2.05) is 6.92 Å². The fraction of sp³-hybridized carbons (Fsp3) is 0.733. The van der Waals surface area contributed by atoms with Gasteiger partial charge in [0.05, 0.1) is 6.04 Å². The van der Waals surface area contributed by atoms with Gasteiger partial charge in [-0.05, 0) is 26.7 Å². The molecule has 0 spiro atoms. The van der Waals surface area contributed by atoms with Gasteiger partial charge in [0.15, 0.2) is 5.78 Å². The van der Waals surface area contributed by atoms with Gasteiger partial charge in [0.2, 0.25) is 5.91 Å². The SMILES string of the molecule is CO[C@H]1CCC(=O)N1[C@H](C)[C@H](O)C1=C(C)CCCC1=O. The summed E-state index contributed by atoms with van der Waals surface area (Å²) in [5, 5.41) is 10.5. The summed E-state index contributed by atoms with van der Waals surface area (Å²) in [7, 11) is 1.56. The molecule has 5 nitrogen and oxygen atoms in total. The first-order chi connectivity index (χ1) is 9.47. The number of methoxy groups -OCH3 is 1. The summed E-state index contributed by atoms with van der Waals surface area (Å²) in [6, 6.07) is -0.443. The molecule has 0 bridgehead atoms. The first kappa shape index (κ1) is 15.2. The molecular weight excluding hydrogens is 258 g/mol. The molecule has 3 atom stereocenters. The van der Waals surface area contributed by atoms with Gasteiger partial charge in [-0.1, -0.05) is 5.57 Å². The van der Waals surface area contributed by atoms with Crippen molar-refractivity contribution in [2.75, 3.05) is 7.11 Å². The zero-order chi connectivity index (χ0) is 14.9. The lowest BCUT2D eigenvalue weighted by molar-refractivity contribution is -0.141. The summed E-state index contributed by atoms with van der Waals surface area (Å²) in [6.45, 7) is 3.67. The van der Waals surface area contributed by atoms with Gasteiger partial charge in [0.1, 0.15) is 12.3 Å². The maximum absolute atomic E-state index is 12.0. The molecule has 2 rings (SSSR count). The van der Waals surface area contributed by atoms with Gasteiger partial charge in [-0.15, -0.1) is 0 Å². The first-order valence-electron chi connectivity index (χ1n) is 7.22. The minimum Gasteiger partial charge on any atom is -0.386 e. The average molecular weight is 281 g/mol. The Labute approximate surface area is 119 Å². The highest BCUT2D eigenvalue weighted by Crippen LogP contribution is 2.30. The van der Waals surface area contributed by atoms with Crippen molar-refractivity contribution in [3.8, 4) is 0 Å². The monoisotopic (exact) mass is 281 g/mol. The molecule has 20 heavy (non-hydrogen) atoms. The lowest BCUT2D eigenvalue weighted by Gasteiger charge is -2.35. The van der Waals surface area contributed by atoms with Crippen molar-refractivity contribution in [1.82, 2.24) is 4.90 Å². The molecule has 1 aliphatic carbocycles. The molecule has 0 radical (unpaired) electrons. The Morgan fingerprint density at radius 3 is 2.60 bits per heavy atom. The van der Waals surface area contributed by atoms with Crippen molar-refractivity contribution in [1.29, 1.82) is 0 Å². The molecule has 0 saturated carbocycles. The molecule has 1 heterocycles. The van der Waals surface area contributed by atoms with Gasteiger partial charge in [-0.25, -0.2) is 0 Å². The number of ketones is 1. The number of carbonyl (C=O) groups is 2. The highest BCUT2D eigenvalue weighted by Gasteiger charge is 2.39. The van der Waals surface area contributed by atoms with Crippen molar-refractivity contribution < 1.29 is 19.4 Å². The van der Waals surface area contributed by atoms with Crippen LogP contribution in [0.1, 0.15) is 46.0 Å². The van der Waals surface area contributed by atoms with Crippen LogP contribution in [0.4, 0.5) is 0 Å². The molecule has 2 aliphatic rings. The summed E-state index contributed by atoms with van der Waals surface area (Å²) < 4.78 is 5.30. The highest BCUT2D eigenvalue weighted by molar-refractivity contribution is 5.98. The molecule has 0 aromatic heterocycles. The number of ether oxygens (including phenoxy) is 1. The number of Topliss-reactive ketones (excluding diaryl/α,β-unsaturated/α-hetero) is 1. The van der Waals surface area contributed by atoms with Gasteiger partial charge < -0.3 is 14.7 Å². The molecule has 1 amide bonds. The number of aliphatic hydroxyl groups is 1. The Balaban J connectivity index is 2.21. The molecule has 0 unspecified atom stereocenters. The second kappa shape index (κ2) is 6.06. The number of carbonyl (C=O) groups excluding carboxylic acids is 2. The zero-order valence-corrected chi connectivity index (χ0v) is 12.4. The van der Waals surface area contributed by atoms with Crippen LogP contribution in [0.3, 0.4) is 0 Å². The molecule has 5 heteroatoms. The third-order valence-electron chi connectivity index (χ3n) is 4.38. The maximum Gasteiger partial charge on any atom is 0.225 e. The van der Waals surface area contributed by atoms with E-state index >= 15 is 0 Å². The van der Waals surface area contributed by atoms with E-state index in [1.165, 1.54) is 0 Å². The van der Waals surface area contributed by atoms with Crippen LogP contribution in [-0.4, -0.2) is 47.2 Å². The van der Waals surface area contributed by atoms with E-state index < -0.39 is 12.1 Å². The largest absolute Gasteiger partial charge is 0.386 e. The van der Waals surface area contributed by atoms with Crippen LogP contribution in [0.25, 0.3) is 0 Å². The number of nitrogens with zero attached hydrogens (tertiary/aromatic N) is 1. The van der Waals surface area contributed by atoms with Crippen LogP contribution in [0.15, 0.2) is 11.1 Å². The van der Waals surface area contributed by atoms with Crippen molar-refractivity contribution in [2.24, 2.45) is 0 Å². The van der Waals surface area contributed by atoms with E-state index in [0.717, 1.165) is 18.4 Å². The topological polar surface area (TPSA) is 66.8 Å². The number of amides is 1. The van der Waals surface area contributed by atoms with Crippen molar-refractivity contribution in [3.05, 3.63) is 11.1 Å². The molecule has 0 aromatic rings. The summed E-state index contributed by atoms with van der Waals surface area (Å²) in [6.07, 6.45) is 2.01. The maximum atomic E-state index is 12.0.